The number of aromatic amines is 1. The first kappa shape index (κ1) is 11.4. The van der Waals surface area contributed by atoms with E-state index in [0.717, 1.165) is 17.1 Å². The molecule has 17 heavy (non-hydrogen) atoms. The van der Waals surface area contributed by atoms with Gasteiger partial charge < -0.3 is 10.5 Å². The molecule has 0 saturated heterocycles. The molecule has 3 N–H and O–H groups in total. The Bertz CT molecular complexity index is 501. The van der Waals surface area contributed by atoms with E-state index in [-0.39, 0.29) is 11.4 Å². The van der Waals surface area contributed by atoms with E-state index in [0.29, 0.717) is 0 Å². The topological polar surface area (TPSA) is 76.8 Å². The molecular weight excluding hydrogens is 216 g/mol. The number of nitrogen functional groups attached to an aromatic ring is 1. The molecule has 0 aliphatic carbocycles. The largest absolute Gasteiger partial charge is 0.497 e. The van der Waals surface area contributed by atoms with Gasteiger partial charge in [0, 0.05) is 5.41 Å². The van der Waals surface area contributed by atoms with Gasteiger partial charge in [0.15, 0.2) is 0 Å². The lowest BCUT2D eigenvalue weighted by atomic mass is 9.84. The second-order valence-corrected chi connectivity index (χ2v) is 4.40. The summed E-state index contributed by atoms with van der Waals surface area (Å²) >= 11 is 0. The van der Waals surface area contributed by atoms with Crippen LogP contribution in [0.3, 0.4) is 0 Å². The van der Waals surface area contributed by atoms with Crippen LogP contribution in [0.2, 0.25) is 0 Å². The van der Waals surface area contributed by atoms with Crippen LogP contribution in [0, 0.1) is 0 Å². The number of hydrogen-bond donors (Lipinski definition) is 2. The number of benzene rings is 1. The molecule has 1 aromatic heterocycles. The molecule has 0 radical (unpaired) electrons. The van der Waals surface area contributed by atoms with E-state index in [1.54, 1.807) is 7.11 Å². The van der Waals surface area contributed by atoms with Crippen LogP contribution >= 0.6 is 0 Å². The van der Waals surface area contributed by atoms with Crippen molar-refractivity contribution in [1.82, 2.24) is 15.2 Å². The lowest BCUT2D eigenvalue weighted by Crippen LogP contribution is -2.20. The maximum Gasteiger partial charge on any atom is 0.239 e. The van der Waals surface area contributed by atoms with Crippen molar-refractivity contribution in [2.45, 2.75) is 19.3 Å². The zero-order chi connectivity index (χ0) is 12.5. The van der Waals surface area contributed by atoms with Crippen molar-refractivity contribution in [3.8, 4) is 5.75 Å². The van der Waals surface area contributed by atoms with Gasteiger partial charge in [0.05, 0.1) is 7.11 Å². The molecule has 0 aliphatic heterocycles. The SMILES string of the molecule is COc1ccc(C(C)(C)c2nc(N)n[nH]2)cc1. The van der Waals surface area contributed by atoms with Gasteiger partial charge in [-0.3, -0.25) is 5.10 Å². The molecule has 0 saturated carbocycles. The third-order valence-corrected chi connectivity index (χ3v) is 2.91. The van der Waals surface area contributed by atoms with Crippen LogP contribution in [0.5, 0.6) is 5.75 Å². The molecule has 90 valence electrons. The fraction of sp³-hybridized carbons (Fsp3) is 0.333. The third kappa shape index (κ3) is 2.08. The first-order valence-electron chi connectivity index (χ1n) is 5.37. The van der Waals surface area contributed by atoms with Gasteiger partial charge in [0.25, 0.3) is 0 Å². The summed E-state index contributed by atoms with van der Waals surface area (Å²) in [5.41, 5.74) is 6.38. The minimum atomic E-state index is -0.267. The van der Waals surface area contributed by atoms with Gasteiger partial charge in [0.1, 0.15) is 11.6 Å². The number of aromatic nitrogens is 3. The van der Waals surface area contributed by atoms with E-state index in [9.17, 15) is 0 Å². The van der Waals surface area contributed by atoms with Crippen LogP contribution in [0.1, 0.15) is 25.2 Å². The Morgan fingerprint density at radius 1 is 1.24 bits per heavy atom. The predicted octanol–water partition coefficient (Wildman–Crippen LogP) is 1.72. The van der Waals surface area contributed by atoms with Crippen molar-refractivity contribution in [1.29, 1.82) is 0 Å². The zero-order valence-electron chi connectivity index (χ0n) is 10.2. The molecule has 0 bridgehead atoms. The first-order chi connectivity index (χ1) is 8.04. The van der Waals surface area contributed by atoms with Crippen molar-refractivity contribution in [3.05, 3.63) is 35.7 Å². The van der Waals surface area contributed by atoms with E-state index in [1.165, 1.54) is 0 Å². The average Bonchev–Trinajstić information content (AvgIpc) is 2.77. The summed E-state index contributed by atoms with van der Waals surface area (Å²) in [6, 6.07) is 7.88. The van der Waals surface area contributed by atoms with Crippen LogP contribution < -0.4 is 10.5 Å². The smallest absolute Gasteiger partial charge is 0.239 e. The summed E-state index contributed by atoms with van der Waals surface area (Å²) in [4.78, 5) is 4.18. The monoisotopic (exact) mass is 232 g/mol. The molecule has 5 heteroatoms. The van der Waals surface area contributed by atoms with Crippen molar-refractivity contribution in [3.63, 3.8) is 0 Å². The lowest BCUT2D eigenvalue weighted by molar-refractivity contribution is 0.414. The maximum absolute atomic E-state index is 5.53. The number of nitrogens with one attached hydrogen (secondary N) is 1. The fourth-order valence-corrected chi connectivity index (χ4v) is 1.70. The van der Waals surface area contributed by atoms with Gasteiger partial charge in [-0.2, -0.15) is 4.98 Å². The number of methoxy groups -OCH3 is 1. The second kappa shape index (κ2) is 4.08. The zero-order valence-corrected chi connectivity index (χ0v) is 10.2. The highest BCUT2D eigenvalue weighted by molar-refractivity contribution is 5.36. The van der Waals surface area contributed by atoms with Crippen LogP contribution in [0.4, 0.5) is 5.95 Å². The minimum absolute atomic E-state index is 0.265. The molecule has 0 atom stereocenters. The molecule has 0 unspecified atom stereocenters. The van der Waals surface area contributed by atoms with E-state index in [4.69, 9.17) is 10.5 Å². The average molecular weight is 232 g/mol. The highest BCUT2D eigenvalue weighted by atomic mass is 16.5. The Morgan fingerprint density at radius 3 is 2.35 bits per heavy atom. The van der Waals surface area contributed by atoms with Gasteiger partial charge in [-0.15, -0.1) is 5.10 Å². The highest BCUT2D eigenvalue weighted by Gasteiger charge is 2.26. The Kier molecular flexibility index (Phi) is 2.75. The van der Waals surface area contributed by atoms with Gasteiger partial charge >= 0.3 is 0 Å². The molecule has 1 aromatic carbocycles. The van der Waals surface area contributed by atoms with Crippen molar-refractivity contribution in [2.24, 2.45) is 0 Å². The van der Waals surface area contributed by atoms with Gasteiger partial charge in [-0.1, -0.05) is 12.1 Å². The summed E-state index contributed by atoms with van der Waals surface area (Å²) in [5.74, 6) is 1.85. The molecule has 2 rings (SSSR count). The number of anilines is 1. The first-order valence-corrected chi connectivity index (χ1v) is 5.37. The van der Waals surface area contributed by atoms with Crippen molar-refractivity contribution in [2.75, 3.05) is 12.8 Å². The molecular formula is C12H16N4O. The van der Waals surface area contributed by atoms with E-state index in [2.05, 4.69) is 29.0 Å². The maximum atomic E-state index is 5.53. The molecule has 0 aliphatic rings. The lowest BCUT2D eigenvalue weighted by Gasteiger charge is -2.22. The summed E-state index contributed by atoms with van der Waals surface area (Å²) in [6.07, 6.45) is 0. The Hall–Kier alpha value is -2.04. The molecule has 0 amide bonds. The quantitative estimate of drug-likeness (QED) is 0.844. The van der Waals surface area contributed by atoms with Gasteiger partial charge in [-0.25, -0.2) is 0 Å². The number of rotatable bonds is 3. The molecule has 5 nitrogen and oxygen atoms in total. The fourth-order valence-electron chi connectivity index (χ4n) is 1.70. The summed E-state index contributed by atoms with van der Waals surface area (Å²) in [6.45, 7) is 4.13. The standard InChI is InChI=1S/C12H16N4O/c1-12(2,10-14-11(13)16-15-10)8-4-6-9(17-3)7-5-8/h4-7H,1-3H3,(H3,13,14,15,16). The number of hydrogen-bond acceptors (Lipinski definition) is 4. The summed E-state index contributed by atoms with van der Waals surface area (Å²) < 4.78 is 5.14. The van der Waals surface area contributed by atoms with Crippen molar-refractivity contribution < 1.29 is 4.74 Å². The predicted molar refractivity (Wildman–Crippen MR) is 65.9 cm³/mol. The Morgan fingerprint density at radius 2 is 1.88 bits per heavy atom. The van der Waals surface area contributed by atoms with E-state index >= 15 is 0 Å². The summed E-state index contributed by atoms with van der Waals surface area (Å²) in [5, 5.41) is 6.71. The third-order valence-electron chi connectivity index (χ3n) is 2.91. The van der Waals surface area contributed by atoms with Crippen LogP contribution in [-0.2, 0) is 5.41 Å². The van der Waals surface area contributed by atoms with Crippen LogP contribution in [0.25, 0.3) is 0 Å². The van der Waals surface area contributed by atoms with Crippen LogP contribution in [-0.4, -0.2) is 22.3 Å². The number of ether oxygens (including phenoxy) is 1. The highest BCUT2D eigenvalue weighted by Crippen LogP contribution is 2.30. The number of nitrogens with zero attached hydrogens (tertiary/aromatic N) is 2. The number of H-pyrrole nitrogens is 1. The van der Waals surface area contributed by atoms with Crippen molar-refractivity contribution >= 4 is 5.95 Å². The van der Waals surface area contributed by atoms with Gasteiger partial charge in [0.2, 0.25) is 5.95 Å². The second-order valence-electron chi connectivity index (χ2n) is 4.40. The normalized spacial score (nSPS) is 11.5. The van der Waals surface area contributed by atoms with Crippen LogP contribution in [0.15, 0.2) is 24.3 Å². The number of nitrogens with two attached hydrogens (primary N) is 1. The molecule has 0 spiro atoms. The van der Waals surface area contributed by atoms with E-state index < -0.39 is 0 Å². The minimum Gasteiger partial charge on any atom is -0.497 e. The van der Waals surface area contributed by atoms with Gasteiger partial charge in [-0.05, 0) is 31.5 Å². The molecule has 2 aromatic rings. The summed E-state index contributed by atoms with van der Waals surface area (Å²) in [7, 11) is 1.65. The van der Waals surface area contributed by atoms with E-state index in [1.807, 2.05) is 24.3 Å². The Balaban J connectivity index is 2.36. The Labute approximate surface area is 100 Å². The molecule has 0 fully saturated rings. The molecule has 1 heterocycles.